The van der Waals surface area contributed by atoms with Crippen LogP contribution in [-0.4, -0.2) is 47.4 Å². The summed E-state index contributed by atoms with van der Waals surface area (Å²) in [4.78, 5) is 24.6. The van der Waals surface area contributed by atoms with Crippen LogP contribution in [0.25, 0.3) is 0 Å². The average molecular weight is 1130 g/mol. The van der Waals surface area contributed by atoms with E-state index in [2.05, 4.69) is 19.2 Å². The molecular formula is C74H147NO5. The predicted octanol–water partition coefficient (Wildman–Crippen LogP) is 24.2. The van der Waals surface area contributed by atoms with Crippen molar-refractivity contribution in [1.82, 2.24) is 5.32 Å². The first-order valence-corrected chi connectivity index (χ1v) is 37.3. The molecule has 0 spiro atoms. The molecule has 0 aromatic carbocycles. The van der Waals surface area contributed by atoms with E-state index in [1.165, 1.54) is 366 Å². The van der Waals surface area contributed by atoms with Crippen molar-refractivity contribution in [2.75, 3.05) is 13.2 Å². The van der Waals surface area contributed by atoms with Crippen LogP contribution < -0.4 is 5.32 Å². The lowest BCUT2D eigenvalue weighted by Gasteiger charge is -2.22. The number of esters is 1. The zero-order valence-corrected chi connectivity index (χ0v) is 54.9. The number of amides is 1. The van der Waals surface area contributed by atoms with E-state index in [1.54, 1.807) is 0 Å². The molecule has 0 rings (SSSR count). The molecular weight excluding hydrogens is 983 g/mol. The monoisotopic (exact) mass is 1130 g/mol. The molecule has 0 fully saturated rings. The first-order valence-electron chi connectivity index (χ1n) is 37.3. The quantitative estimate of drug-likeness (QED) is 0.0417. The minimum atomic E-state index is -0.661. The fraction of sp³-hybridized carbons (Fsp3) is 0.973. The van der Waals surface area contributed by atoms with E-state index in [4.69, 9.17) is 4.74 Å². The molecule has 0 aliphatic carbocycles. The average Bonchev–Trinajstić information content (AvgIpc) is 3.46. The molecule has 6 nitrogen and oxygen atoms in total. The van der Waals surface area contributed by atoms with Crippen molar-refractivity contribution in [3.05, 3.63) is 0 Å². The fourth-order valence-corrected chi connectivity index (χ4v) is 12.2. The van der Waals surface area contributed by atoms with Crippen molar-refractivity contribution in [2.24, 2.45) is 0 Å². The molecule has 80 heavy (non-hydrogen) atoms. The van der Waals surface area contributed by atoms with E-state index in [0.29, 0.717) is 25.9 Å². The smallest absolute Gasteiger partial charge is 0.305 e. The highest BCUT2D eigenvalue weighted by molar-refractivity contribution is 5.76. The van der Waals surface area contributed by atoms with Crippen molar-refractivity contribution in [3.63, 3.8) is 0 Å². The zero-order valence-electron chi connectivity index (χ0n) is 54.9. The van der Waals surface area contributed by atoms with Crippen LogP contribution in [0.1, 0.15) is 438 Å². The third-order valence-corrected chi connectivity index (χ3v) is 17.9. The fourth-order valence-electron chi connectivity index (χ4n) is 12.2. The Kier molecular flexibility index (Phi) is 69.3. The summed E-state index contributed by atoms with van der Waals surface area (Å²) in [6.45, 7) is 5.01. The molecule has 478 valence electrons. The largest absolute Gasteiger partial charge is 0.466 e. The summed E-state index contributed by atoms with van der Waals surface area (Å²) in [5.41, 5.74) is 0. The second-order valence-corrected chi connectivity index (χ2v) is 26.0. The van der Waals surface area contributed by atoms with Gasteiger partial charge in [0.25, 0.3) is 0 Å². The summed E-state index contributed by atoms with van der Waals surface area (Å²) in [5, 5.41) is 23.4. The van der Waals surface area contributed by atoms with Gasteiger partial charge >= 0.3 is 5.97 Å². The molecule has 0 aliphatic rings. The third kappa shape index (κ3) is 66.0. The molecule has 0 radical (unpaired) electrons. The highest BCUT2D eigenvalue weighted by Crippen LogP contribution is 2.20. The lowest BCUT2D eigenvalue weighted by molar-refractivity contribution is -0.143. The van der Waals surface area contributed by atoms with Crippen molar-refractivity contribution >= 4 is 11.9 Å². The molecule has 3 N–H and O–H groups in total. The number of nitrogens with one attached hydrogen (secondary N) is 1. The van der Waals surface area contributed by atoms with E-state index in [1.807, 2.05) is 0 Å². The van der Waals surface area contributed by atoms with Gasteiger partial charge in [-0.2, -0.15) is 0 Å². The molecule has 0 bridgehead atoms. The minimum absolute atomic E-state index is 0.0249. The summed E-state index contributed by atoms with van der Waals surface area (Å²) in [5.74, 6) is -0.00179. The van der Waals surface area contributed by atoms with E-state index in [9.17, 15) is 19.8 Å². The van der Waals surface area contributed by atoms with Crippen LogP contribution in [-0.2, 0) is 14.3 Å². The van der Waals surface area contributed by atoms with Crippen molar-refractivity contribution in [3.8, 4) is 0 Å². The molecule has 6 heteroatoms. The topological polar surface area (TPSA) is 95.9 Å². The Hall–Kier alpha value is -1.14. The highest BCUT2D eigenvalue weighted by atomic mass is 16.5. The van der Waals surface area contributed by atoms with Gasteiger partial charge in [-0.3, -0.25) is 9.59 Å². The Bertz CT molecular complexity index is 1160. The van der Waals surface area contributed by atoms with Gasteiger partial charge in [0.1, 0.15) is 0 Å². The van der Waals surface area contributed by atoms with Gasteiger partial charge in [-0.1, -0.05) is 399 Å². The number of unbranched alkanes of at least 4 members (excludes halogenated alkanes) is 60. The zero-order chi connectivity index (χ0) is 57.8. The van der Waals surface area contributed by atoms with Gasteiger partial charge in [0, 0.05) is 12.8 Å². The Balaban J connectivity index is 3.31. The summed E-state index contributed by atoms with van der Waals surface area (Å²) in [7, 11) is 0. The number of aliphatic hydroxyl groups is 2. The van der Waals surface area contributed by atoms with E-state index in [-0.39, 0.29) is 18.5 Å². The first kappa shape index (κ1) is 78.9. The van der Waals surface area contributed by atoms with Crippen molar-refractivity contribution in [2.45, 2.75) is 450 Å². The molecule has 0 heterocycles. The summed E-state index contributed by atoms with van der Waals surface area (Å²) < 4.78 is 5.51. The molecule has 0 saturated heterocycles. The maximum Gasteiger partial charge on any atom is 0.305 e. The molecule has 0 saturated carbocycles. The molecule has 1 amide bonds. The van der Waals surface area contributed by atoms with E-state index < -0.39 is 12.1 Å². The SMILES string of the molecule is CCCCCCCCCCCCCCCCCCCC(=O)OCCCCCCCCCCCCCCCCCCCCCCCCCCCCCCCC(=O)NC(CO)C(O)CCCCCCCCCCCCCCCCCCC. The van der Waals surface area contributed by atoms with Crippen LogP contribution in [0.4, 0.5) is 0 Å². The van der Waals surface area contributed by atoms with Crippen molar-refractivity contribution in [1.29, 1.82) is 0 Å². The van der Waals surface area contributed by atoms with Gasteiger partial charge in [-0.05, 0) is 25.7 Å². The van der Waals surface area contributed by atoms with Crippen LogP contribution in [0.5, 0.6) is 0 Å². The van der Waals surface area contributed by atoms with Crippen LogP contribution >= 0.6 is 0 Å². The summed E-state index contributed by atoms with van der Waals surface area (Å²) in [6, 6.07) is -0.538. The van der Waals surface area contributed by atoms with Gasteiger partial charge in [-0.15, -0.1) is 0 Å². The number of carbonyl (C=O) groups excluding carboxylic acids is 2. The van der Waals surface area contributed by atoms with Crippen LogP contribution in [0.2, 0.25) is 0 Å². The second-order valence-electron chi connectivity index (χ2n) is 26.0. The van der Waals surface area contributed by atoms with Gasteiger partial charge in [0.15, 0.2) is 0 Å². The standard InChI is InChI=1S/C74H147NO5/c1-3-5-7-9-11-13-15-17-19-34-38-42-46-50-54-58-62-66-72(77)71(70-76)75-73(78)67-63-59-55-51-47-43-39-36-32-30-28-26-24-22-21-23-25-27-29-31-33-37-41-45-49-53-57-61-65-69-80-74(79)68-64-60-56-52-48-44-40-35-20-18-16-14-12-10-8-6-4-2/h71-72,76-77H,3-70H2,1-2H3,(H,75,78). The Morgan fingerprint density at radius 2 is 0.512 bits per heavy atom. The Labute approximate surface area is 502 Å². The molecule has 2 atom stereocenters. The second kappa shape index (κ2) is 70.3. The lowest BCUT2D eigenvalue weighted by Crippen LogP contribution is -2.45. The van der Waals surface area contributed by atoms with Gasteiger partial charge in [0.05, 0.1) is 25.4 Å². The normalized spacial score (nSPS) is 12.4. The van der Waals surface area contributed by atoms with Gasteiger partial charge < -0.3 is 20.3 Å². The predicted molar refractivity (Wildman–Crippen MR) is 352 cm³/mol. The maximum absolute atomic E-state index is 12.5. The van der Waals surface area contributed by atoms with E-state index in [0.717, 1.165) is 38.5 Å². The first-order chi connectivity index (χ1) is 39.5. The summed E-state index contributed by atoms with van der Waals surface area (Å²) >= 11 is 0. The highest BCUT2D eigenvalue weighted by Gasteiger charge is 2.20. The van der Waals surface area contributed by atoms with Crippen LogP contribution in [0, 0.1) is 0 Å². The summed E-state index contributed by atoms with van der Waals surface area (Å²) in [6.07, 6.45) is 86.0. The number of ether oxygens (including phenoxy) is 1. The Morgan fingerprint density at radius 3 is 0.762 bits per heavy atom. The van der Waals surface area contributed by atoms with Gasteiger partial charge in [-0.25, -0.2) is 0 Å². The van der Waals surface area contributed by atoms with Crippen LogP contribution in [0.15, 0.2) is 0 Å². The van der Waals surface area contributed by atoms with Crippen molar-refractivity contribution < 1.29 is 24.5 Å². The van der Waals surface area contributed by atoms with Gasteiger partial charge in [0.2, 0.25) is 5.91 Å². The number of hydrogen-bond acceptors (Lipinski definition) is 5. The molecule has 0 aliphatic heterocycles. The Morgan fingerprint density at radius 1 is 0.300 bits per heavy atom. The third-order valence-electron chi connectivity index (χ3n) is 17.9. The minimum Gasteiger partial charge on any atom is -0.466 e. The maximum atomic E-state index is 12.5. The number of carbonyl (C=O) groups is 2. The number of rotatable bonds is 71. The number of hydrogen-bond donors (Lipinski definition) is 3. The molecule has 0 aromatic heterocycles. The molecule has 2 unspecified atom stereocenters. The van der Waals surface area contributed by atoms with E-state index >= 15 is 0 Å². The lowest BCUT2D eigenvalue weighted by atomic mass is 10.0. The molecule has 0 aromatic rings. The number of aliphatic hydroxyl groups excluding tert-OH is 2. The van der Waals surface area contributed by atoms with Crippen LogP contribution in [0.3, 0.4) is 0 Å².